The van der Waals surface area contributed by atoms with Crippen LogP contribution in [0.4, 0.5) is 5.82 Å². The van der Waals surface area contributed by atoms with Gasteiger partial charge in [0.1, 0.15) is 5.82 Å². The van der Waals surface area contributed by atoms with Gasteiger partial charge in [0.2, 0.25) is 0 Å². The minimum Gasteiger partial charge on any atom is -0.378 e. The predicted molar refractivity (Wildman–Crippen MR) is 127 cm³/mol. The van der Waals surface area contributed by atoms with Crippen molar-refractivity contribution in [2.24, 2.45) is 4.99 Å². The van der Waals surface area contributed by atoms with E-state index < -0.39 is 0 Å². The normalized spacial score (nSPS) is 20.3. The van der Waals surface area contributed by atoms with Crippen molar-refractivity contribution in [2.75, 3.05) is 37.7 Å². The molecule has 1 aromatic heterocycles. The lowest BCUT2D eigenvalue weighted by atomic mass is 10.3. The van der Waals surface area contributed by atoms with Crippen LogP contribution in [0, 0.1) is 0 Å². The van der Waals surface area contributed by atoms with E-state index >= 15 is 0 Å². The molecule has 158 valence electrons. The predicted octanol–water partition coefficient (Wildman–Crippen LogP) is 3.84. The molecule has 6 nitrogen and oxygen atoms in total. The van der Waals surface area contributed by atoms with E-state index in [-0.39, 0.29) is 24.0 Å². The molecule has 28 heavy (non-hydrogen) atoms. The summed E-state index contributed by atoms with van der Waals surface area (Å²) in [7, 11) is 0. The third-order valence-corrected chi connectivity index (χ3v) is 5.44. The summed E-state index contributed by atoms with van der Waals surface area (Å²) >= 11 is 6.28. The van der Waals surface area contributed by atoms with Gasteiger partial charge < -0.3 is 20.3 Å². The fourth-order valence-electron chi connectivity index (χ4n) is 3.75. The van der Waals surface area contributed by atoms with Crippen LogP contribution in [-0.2, 0) is 4.74 Å². The monoisotopic (exact) mass is 521 g/mol. The molecule has 1 unspecified atom stereocenters. The average molecular weight is 522 g/mol. The number of pyridine rings is 1. The topological polar surface area (TPSA) is 61.8 Å². The van der Waals surface area contributed by atoms with Crippen molar-refractivity contribution >= 4 is 47.4 Å². The Hall–Kier alpha value is -0.800. The zero-order valence-electron chi connectivity index (χ0n) is 16.7. The SMILES string of the molecule is CCNC(=NCCCOC1CCCC1)NC1CCN(c2ncccc2Cl)C1.I. The van der Waals surface area contributed by atoms with Crippen molar-refractivity contribution in [1.29, 1.82) is 0 Å². The van der Waals surface area contributed by atoms with E-state index in [1.54, 1.807) is 6.20 Å². The number of aliphatic imine (C=N–C) groups is 1. The molecule has 0 aromatic carbocycles. The lowest BCUT2D eigenvalue weighted by Gasteiger charge is -2.20. The number of hydrogen-bond acceptors (Lipinski definition) is 4. The van der Waals surface area contributed by atoms with Crippen LogP contribution < -0.4 is 15.5 Å². The van der Waals surface area contributed by atoms with Crippen LogP contribution in [0.1, 0.15) is 45.4 Å². The maximum atomic E-state index is 6.28. The van der Waals surface area contributed by atoms with Crippen molar-refractivity contribution in [2.45, 2.75) is 57.6 Å². The minimum absolute atomic E-state index is 0. The highest BCUT2D eigenvalue weighted by Crippen LogP contribution is 2.25. The summed E-state index contributed by atoms with van der Waals surface area (Å²) in [5.74, 6) is 1.76. The van der Waals surface area contributed by atoms with E-state index in [0.717, 1.165) is 57.4 Å². The summed E-state index contributed by atoms with van der Waals surface area (Å²) < 4.78 is 5.92. The second kappa shape index (κ2) is 12.7. The van der Waals surface area contributed by atoms with Crippen LogP contribution in [-0.4, -0.2) is 55.9 Å². The van der Waals surface area contributed by atoms with Crippen LogP contribution in [0.5, 0.6) is 0 Å². The smallest absolute Gasteiger partial charge is 0.191 e. The summed E-state index contributed by atoms with van der Waals surface area (Å²) in [6.45, 7) is 6.37. The molecule has 3 rings (SSSR count). The number of halogens is 2. The van der Waals surface area contributed by atoms with Gasteiger partial charge in [-0.15, -0.1) is 24.0 Å². The summed E-state index contributed by atoms with van der Waals surface area (Å²) in [4.78, 5) is 11.4. The first-order valence-electron chi connectivity index (χ1n) is 10.3. The highest BCUT2D eigenvalue weighted by molar-refractivity contribution is 14.0. The second-order valence-electron chi connectivity index (χ2n) is 7.28. The summed E-state index contributed by atoms with van der Waals surface area (Å²) in [5.41, 5.74) is 0. The molecule has 0 amide bonds. The van der Waals surface area contributed by atoms with Gasteiger partial charge in [-0.1, -0.05) is 24.4 Å². The highest BCUT2D eigenvalue weighted by Gasteiger charge is 2.25. The van der Waals surface area contributed by atoms with Crippen molar-refractivity contribution in [3.8, 4) is 0 Å². The van der Waals surface area contributed by atoms with Gasteiger partial charge in [-0.2, -0.15) is 0 Å². The number of guanidine groups is 1. The van der Waals surface area contributed by atoms with Crippen LogP contribution in [0.2, 0.25) is 5.02 Å². The first-order chi connectivity index (χ1) is 13.3. The first-order valence-corrected chi connectivity index (χ1v) is 10.7. The Bertz CT molecular complexity index is 612. The van der Waals surface area contributed by atoms with Gasteiger partial charge in [0.05, 0.1) is 11.1 Å². The molecule has 0 spiro atoms. The molecule has 2 fully saturated rings. The molecule has 1 aliphatic heterocycles. The van der Waals surface area contributed by atoms with Gasteiger partial charge in [-0.3, -0.25) is 4.99 Å². The van der Waals surface area contributed by atoms with Crippen LogP contribution in [0.25, 0.3) is 0 Å². The molecule has 1 saturated carbocycles. The number of hydrogen-bond donors (Lipinski definition) is 2. The third-order valence-electron chi connectivity index (χ3n) is 5.14. The second-order valence-corrected chi connectivity index (χ2v) is 7.68. The Labute approximate surface area is 190 Å². The number of aromatic nitrogens is 1. The third kappa shape index (κ3) is 7.22. The van der Waals surface area contributed by atoms with Crippen molar-refractivity contribution in [1.82, 2.24) is 15.6 Å². The summed E-state index contributed by atoms with van der Waals surface area (Å²) in [6, 6.07) is 4.10. The molecule has 8 heteroatoms. The number of ether oxygens (including phenoxy) is 1. The van der Waals surface area contributed by atoms with Crippen molar-refractivity contribution < 1.29 is 4.74 Å². The van der Waals surface area contributed by atoms with E-state index in [1.165, 1.54) is 25.7 Å². The Kier molecular flexibility index (Phi) is 10.6. The van der Waals surface area contributed by atoms with E-state index in [4.69, 9.17) is 21.3 Å². The molecular formula is C20H33ClIN5O. The molecule has 0 radical (unpaired) electrons. The van der Waals surface area contributed by atoms with Gasteiger partial charge in [-0.05, 0) is 44.7 Å². The molecule has 0 bridgehead atoms. The maximum absolute atomic E-state index is 6.28. The molecule has 1 saturated heterocycles. The lowest BCUT2D eigenvalue weighted by Crippen LogP contribution is -2.44. The molecule has 2 N–H and O–H groups in total. The molecule has 2 heterocycles. The van der Waals surface area contributed by atoms with Crippen molar-refractivity contribution in [3.63, 3.8) is 0 Å². The number of anilines is 1. The zero-order chi connectivity index (χ0) is 18.9. The van der Waals surface area contributed by atoms with Gasteiger partial charge in [0, 0.05) is 45.0 Å². The number of nitrogens with zero attached hydrogens (tertiary/aromatic N) is 3. The summed E-state index contributed by atoms with van der Waals surface area (Å²) in [6.07, 6.45) is 9.39. The lowest BCUT2D eigenvalue weighted by molar-refractivity contribution is 0.0579. The molecule has 1 aliphatic carbocycles. The number of nitrogens with one attached hydrogen (secondary N) is 2. The fraction of sp³-hybridized carbons (Fsp3) is 0.700. The first kappa shape index (κ1) is 23.5. The summed E-state index contributed by atoms with van der Waals surface area (Å²) in [5, 5.41) is 7.61. The Morgan fingerprint density at radius 1 is 1.36 bits per heavy atom. The van der Waals surface area contributed by atoms with Gasteiger partial charge >= 0.3 is 0 Å². The molecule has 2 aliphatic rings. The standard InChI is InChI=1S/C20H32ClN5O.HI/c1-2-22-20(24-12-6-14-27-17-7-3-4-8-17)25-16-10-13-26(15-16)19-18(21)9-5-11-23-19;/h5,9,11,16-17H,2-4,6-8,10,12-15H2,1H3,(H2,22,24,25);1H. The van der Waals surface area contributed by atoms with Gasteiger partial charge in [-0.25, -0.2) is 4.98 Å². The van der Waals surface area contributed by atoms with Crippen LogP contribution in [0.15, 0.2) is 23.3 Å². The average Bonchev–Trinajstić information content (AvgIpc) is 3.34. The van der Waals surface area contributed by atoms with E-state index in [0.29, 0.717) is 17.2 Å². The van der Waals surface area contributed by atoms with Gasteiger partial charge in [0.15, 0.2) is 5.96 Å². The van der Waals surface area contributed by atoms with Crippen LogP contribution in [0.3, 0.4) is 0 Å². The Morgan fingerprint density at radius 3 is 2.93 bits per heavy atom. The van der Waals surface area contributed by atoms with Crippen molar-refractivity contribution in [3.05, 3.63) is 23.4 Å². The molecule has 1 aromatic rings. The minimum atomic E-state index is 0. The quantitative estimate of drug-likeness (QED) is 0.236. The van der Waals surface area contributed by atoms with E-state index in [1.807, 2.05) is 12.1 Å². The maximum Gasteiger partial charge on any atom is 0.191 e. The van der Waals surface area contributed by atoms with Crippen LogP contribution >= 0.6 is 35.6 Å². The van der Waals surface area contributed by atoms with Gasteiger partial charge in [0.25, 0.3) is 0 Å². The van der Waals surface area contributed by atoms with E-state index in [9.17, 15) is 0 Å². The highest BCUT2D eigenvalue weighted by atomic mass is 127. The fourth-order valence-corrected chi connectivity index (χ4v) is 4.00. The Balaban J connectivity index is 0.00000280. The molecular weight excluding hydrogens is 489 g/mol. The molecule has 1 atom stereocenters. The number of rotatable bonds is 8. The zero-order valence-corrected chi connectivity index (χ0v) is 19.8. The van der Waals surface area contributed by atoms with E-state index in [2.05, 4.69) is 27.4 Å². The largest absolute Gasteiger partial charge is 0.378 e. The Morgan fingerprint density at radius 2 is 2.18 bits per heavy atom.